The van der Waals surface area contributed by atoms with Crippen molar-refractivity contribution in [1.82, 2.24) is 20.1 Å². The Morgan fingerprint density at radius 3 is 2.55 bits per heavy atom. The average Bonchev–Trinajstić information content (AvgIpc) is 3.39. The number of alkyl halides is 2. The number of hydrogen-bond donors (Lipinski definition) is 3. The Morgan fingerprint density at radius 2 is 1.87 bits per heavy atom. The number of nitrogens with zero attached hydrogens (tertiary/aromatic N) is 5. The number of ether oxygens (including phenoxy) is 1. The number of likely N-dealkylation sites (N-methyl/N-ethyl adjacent to an activating group) is 1. The molecule has 1 unspecified atom stereocenters. The molecule has 0 spiro atoms. The number of hydrogen-bond acceptors (Lipinski definition) is 8. The van der Waals surface area contributed by atoms with Crippen LogP contribution >= 0.6 is 0 Å². The van der Waals surface area contributed by atoms with E-state index in [2.05, 4.69) is 17.3 Å². The molecule has 2 fully saturated rings. The molecule has 2 saturated heterocycles. The standard InChI is InChI=1S/C32H35BF2N6O6/c1-41(14-11-39(12-15-41)31(44)22-3-5-23(6-4-22)33(45)46)13-2-16-47-25-7-8-28-27(17-25)26(9-10-37-28)30(43)38-20-29(42)40-21-32(34,35)18-24(40)19-36/h3-10,17,24,45-46H,2,11-16,18,20-21H2,1H3/p+1. The number of piperazine rings is 1. The number of nitriles is 1. The molecule has 12 nitrogen and oxygen atoms in total. The Hall–Kier alpha value is -4.65. The molecule has 246 valence electrons. The first-order valence-corrected chi connectivity index (χ1v) is 15.3. The topological polar surface area (TPSA) is 156 Å². The van der Waals surface area contributed by atoms with Gasteiger partial charge in [0.2, 0.25) is 5.91 Å². The summed E-state index contributed by atoms with van der Waals surface area (Å²) in [4.78, 5) is 45.4. The number of benzene rings is 2. The second-order valence-electron chi connectivity index (χ2n) is 12.2. The molecule has 3 amide bonds. The van der Waals surface area contributed by atoms with E-state index < -0.39 is 50.4 Å². The van der Waals surface area contributed by atoms with Gasteiger partial charge in [-0.15, -0.1) is 0 Å². The predicted octanol–water partition coefficient (Wildman–Crippen LogP) is 0.776. The van der Waals surface area contributed by atoms with Crippen LogP contribution in [0.1, 0.15) is 33.6 Å². The maximum absolute atomic E-state index is 13.7. The number of halogens is 2. The van der Waals surface area contributed by atoms with E-state index in [4.69, 9.17) is 10.00 Å². The van der Waals surface area contributed by atoms with Gasteiger partial charge < -0.3 is 34.4 Å². The van der Waals surface area contributed by atoms with Crippen molar-refractivity contribution in [2.24, 2.45) is 0 Å². The molecule has 2 aliphatic rings. The minimum Gasteiger partial charge on any atom is -0.493 e. The molecule has 3 heterocycles. The van der Waals surface area contributed by atoms with Crippen LogP contribution in [0.25, 0.3) is 10.9 Å². The summed E-state index contributed by atoms with van der Waals surface area (Å²) in [5, 5.41) is 30.7. The average molecular weight is 649 g/mol. The Bertz CT molecular complexity index is 1680. The van der Waals surface area contributed by atoms with Gasteiger partial charge in [0.25, 0.3) is 17.7 Å². The molecule has 0 bridgehead atoms. The molecule has 5 rings (SSSR count). The Kier molecular flexibility index (Phi) is 10.0. The maximum atomic E-state index is 13.7. The third-order valence-electron chi connectivity index (χ3n) is 8.77. The predicted molar refractivity (Wildman–Crippen MR) is 168 cm³/mol. The molecule has 1 aromatic heterocycles. The van der Waals surface area contributed by atoms with Crippen LogP contribution < -0.4 is 15.5 Å². The minimum atomic E-state index is -3.14. The largest absolute Gasteiger partial charge is 0.493 e. The second-order valence-corrected chi connectivity index (χ2v) is 12.2. The van der Waals surface area contributed by atoms with Crippen molar-refractivity contribution < 1.29 is 42.4 Å². The van der Waals surface area contributed by atoms with Crippen LogP contribution in [0.5, 0.6) is 5.75 Å². The number of fused-ring (bicyclic) bond motifs is 1. The van der Waals surface area contributed by atoms with Gasteiger partial charge in [-0.1, -0.05) is 12.1 Å². The van der Waals surface area contributed by atoms with E-state index >= 15 is 0 Å². The lowest BCUT2D eigenvalue weighted by Gasteiger charge is -2.42. The van der Waals surface area contributed by atoms with Crippen molar-refractivity contribution in [2.75, 3.05) is 59.5 Å². The SMILES string of the molecule is C[N+]1(CCCOc2ccc3nccc(C(=O)NCC(=O)N4CC(F)(F)CC4C#N)c3c2)CCN(C(=O)c2ccc(B(O)O)cc2)CC1. The highest BCUT2D eigenvalue weighted by Crippen LogP contribution is 2.31. The lowest BCUT2D eigenvalue weighted by Crippen LogP contribution is -2.58. The Labute approximate surface area is 270 Å². The molecule has 3 aromatic rings. The van der Waals surface area contributed by atoms with E-state index in [9.17, 15) is 33.2 Å². The Balaban J connectivity index is 1.11. The fourth-order valence-corrected chi connectivity index (χ4v) is 5.95. The third kappa shape index (κ3) is 8.02. The first kappa shape index (κ1) is 33.7. The molecule has 2 aromatic carbocycles. The van der Waals surface area contributed by atoms with Crippen LogP contribution in [0, 0.1) is 11.3 Å². The number of quaternary nitrogens is 1. The molecule has 2 aliphatic heterocycles. The van der Waals surface area contributed by atoms with Gasteiger partial charge in [0.15, 0.2) is 0 Å². The zero-order valence-electron chi connectivity index (χ0n) is 25.9. The molecule has 0 radical (unpaired) electrons. The van der Waals surface area contributed by atoms with Gasteiger partial charge in [-0.25, -0.2) is 8.78 Å². The number of aromatic nitrogens is 1. The van der Waals surface area contributed by atoms with Crippen molar-refractivity contribution in [3.05, 3.63) is 65.9 Å². The number of carbonyl (C=O) groups is 3. The number of amides is 3. The molecule has 3 N–H and O–H groups in total. The van der Waals surface area contributed by atoms with Gasteiger partial charge in [-0.3, -0.25) is 19.4 Å². The summed E-state index contributed by atoms with van der Waals surface area (Å²) in [6, 6.07) is 13.4. The summed E-state index contributed by atoms with van der Waals surface area (Å²) < 4.78 is 34.3. The highest BCUT2D eigenvalue weighted by atomic mass is 19.3. The second kappa shape index (κ2) is 14.0. The van der Waals surface area contributed by atoms with Crippen molar-refractivity contribution in [1.29, 1.82) is 5.26 Å². The van der Waals surface area contributed by atoms with Gasteiger partial charge in [-0.2, -0.15) is 5.26 Å². The summed E-state index contributed by atoms with van der Waals surface area (Å²) in [6.45, 7) is 2.61. The lowest BCUT2D eigenvalue weighted by molar-refractivity contribution is -0.913. The van der Waals surface area contributed by atoms with E-state index in [0.717, 1.165) is 35.4 Å². The zero-order chi connectivity index (χ0) is 33.8. The van der Waals surface area contributed by atoms with Gasteiger partial charge in [0.1, 0.15) is 11.8 Å². The Morgan fingerprint density at radius 1 is 1.15 bits per heavy atom. The highest BCUT2D eigenvalue weighted by Gasteiger charge is 2.47. The summed E-state index contributed by atoms with van der Waals surface area (Å²) in [5.74, 6) is -4.05. The summed E-state index contributed by atoms with van der Waals surface area (Å²) in [6.07, 6.45) is 1.48. The van der Waals surface area contributed by atoms with Crippen LogP contribution in [-0.2, 0) is 4.79 Å². The van der Waals surface area contributed by atoms with E-state index in [1.165, 1.54) is 24.4 Å². The van der Waals surface area contributed by atoms with Crippen LogP contribution in [0.3, 0.4) is 0 Å². The molecule has 15 heteroatoms. The van der Waals surface area contributed by atoms with Gasteiger partial charge in [0.05, 0.1) is 76.6 Å². The van der Waals surface area contributed by atoms with Crippen LogP contribution in [0.4, 0.5) is 8.78 Å². The first-order chi connectivity index (χ1) is 22.4. The highest BCUT2D eigenvalue weighted by molar-refractivity contribution is 6.58. The molecular weight excluding hydrogens is 613 g/mol. The van der Waals surface area contributed by atoms with Gasteiger partial charge in [0, 0.05) is 30.0 Å². The molecule has 47 heavy (non-hydrogen) atoms. The van der Waals surface area contributed by atoms with Crippen molar-refractivity contribution in [3.8, 4) is 11.8 Å². The molecule has 0 aliphatic carbocycles. The van der Waals surface area contributed by atoms with E-state index in [-0.39, 0.29) is 11.5 Å². The third-order valence-corrected chi connectivity index (χ3v) is 8.77. The number of pyridine rings is 1. The van der Waals surface area contributed by atoms with E-state index in [1.807, 2.05) is 4.90 Å². The number of rotatable bonds is 10. The van der Waals surface area contributed by atoms with Crippen molar-refractivity contribution >= 4 is 41.2 Å². The van der Waals surface area contributed by atoms with E-state index in [0.29, 0.717) is 47.4 Å². The van der Waals surface area contributed by atoms with Crippen LogP contribution in [-0.4, -0.2) is 126 Å². The zero-order valence-corrected chi connectivity index (χ0v) is 25.9. The van der Waals surface area contributed by atoms with Gasteiger partial charge in [-0.05, 0) is 41.9 Å². The summed E-state index contributed by atoms with van der Waals surface area (Å²) in [5.41, 5.74) is 1.60. The molecule has 0 saturated carbocycles. The number of carbonyl (C=O) groups excluding carboxylic acids is 3. The smallest absolute Gasteiger partial charge is 0.488 e. The van der Waals surface area contributed by atoms with Gasteiger partial charge >= 0.3 is 7.12 Å². The normalized spacial score (nSPS) is 18.4. The lowest BCUT2D eigenvalue weighted by atomic mass is 9.80. The van der Waals surface area contributed by atoms with Crippen LogP contribution in [0.15, 0.2) is 54.7 Å². The summed E-state index contributed by atoms with van der Waals surface area (Å²) >= 11 is 0. The van der Waals surface area contributed by atoms with Crippen molar-refractivity contribution in [3.63, 3.8) is 0 Å². The van der Waals surface area contributed by atoms with E-state index in [1.54, 1.807) is 36.4 Å². The maximum Gasteiger partial charge on any atom is 0.488 e. The molecule has 1 atom stereocenters. The fraction of sp³-hybridized carbons (Fsp3) is 0.406. The van der Waals surface area contributed by atoms with Crippen molar-refractivity contribution in [2.45, 2.75) is 24.8 Å². The first-order valence-electron chi connectivity index (χ1n) is 15.3. The van der Waals surface area contributed by atoms with Crippen LogP contribution in [0.2, 0.25) is 0 Å². The summed E-state index contributed by atoms with van der Waals surface area (Å²) in [7, 11) is 0.567. The monoisotopic (exact) mass is 649 g/mol. The molecular formula is C32H36BF2N6O6+. The quantitative estimate of drug-likeness (QED) is 0.165. The minimum absolute atomic E-state index is 0.0899. The number of nitrogens with one attached hydrogen (secondary N) is 1. The number of likely N-dealkylation sites (tertiary alicyclic amines) is 1. The fourth-order valence-electron chi connectivity index (χ4n) is 5.95.